The van der Waals surface area contributed by atoms with Gasteiger partial charge >= 0.3 is 5.97 Å². The Labute approximate surface area is 87.7 Å². The van der Waals surface area contributed by atoms with E-state index in [1.165, 1.54) is 0 Å². The van der Waals surface area contributed by atoms with Crippen LogP contribution in [0.4, 0.5) is 0 Å². The molecule has 1 aromatic carbocycles. The van der Waals surface area contributed by atoms with Crippen molar-refractivity contribution < 1.29 is 9.90 Å². The highest BCUT2D eigenvalue weighted by atomic mass is 35.5. The molecule has 0 aliphatic heterocycles. The van der Waals surface area contributed by atoms with Crippen molar-refractivity contribution in [3.63, 3.8) is 0 Å². The van der Waals surface area contributed by atoms with E-state index in [0.29, 0.717) is 11.6 Å². The van der Waals surface area contributed by atoms with Crippen LogP contribution in [0.3, 0.4) is 0 Å². The lowest BCUT2D eigenvalue weighted by Crippen LogP contribution is -2.22. The third-order valence-corrected chi connectivity index (χ3v) is 2.13. The topological polar surface area (TPSA) is 49.3 Å². The van der Waals surface area contributed by atoms with Crippen molar-refractivity contribution in [2.24, 2.45) is 0 Å². The van der Waals surface area contributed by atoms with Gasteiger partial charge in [-0.3, -0.25) is 4.79 Å². The Bertz CT molecular complexity index is 339. The van der Waals surface area contributed by atoms with Gasteiger partial charge in [-0.05, 0) is 30.2 Å². The largest absolute Gasteiger partial charge is 0.480 e. The van der Waals surface area contributed by atoms with E-state index in [9.17, 15) is 4.79 Å². The molecule has 0 saturated carbocycles. The number of nitrogens with one attached hydrogen (secondary N) is 1. The predicted octanol–water partition coefficient (Wildman–Crippen LogP) is 1.82. The number of hydrogen-bond acceptors (Lipinski definition) is 2. The molecule has 0 amide bonds. The van der Waals surface area contributed by atoms with E-state index < -0.39 is 5.97 Å². The molecule has 0 bridgehead atoms. The van der Waals surface area contributed by atoms with Gasteiger partial charge in [0, 0.05) is 11.6 Å². The van der Waals surface area contributed by atoms with Crippen molar-refractivity contribution in [1.29, 1.82) is 0 Å². The van der Waals surface area contributed by atoms with Crippen LogP contribution in [-0.2, 0) is 11.3 Å². The van der Waals surface area contributed by atoms with Gasteiger partial charge in [0.05, 0.1) is 6.54 Å². The fourth-order valence-corrected chi connectivity index (χ4v) is 1.39. The molecule has 0 unspecified atom stereocenters. The summed E-state index contributed by atoms with van der Waals surface area (Å²) in [7, 11) is 0. The van der Waals surface area contributed by atoms with Crippen molar-refractivity contribution in [1.82, 2.24) is 5.32 Å². The summed E-state index contributed by atoms with van der Waals surface area (Å²) in [5.41, 5.74) is 2.13. The summed E-state index contributed by atoms with van der Waals surface area (Å²) in [4.78, 5) is 10.2. The van der Waals surface area contributed by atoms with E-state index in [1.807, 2.05) is 19.1 Å². The molecular weight excluding hydrogens is 202 g/mol. The Kier molecular flexibility index (Phi) is 3.92. The number of carboxylic acid groups (broad SMARTS) is 1. The SMILES string of the molecule is Cc1cc(Cl)ccc1CNCC(=O)O. The molecule has 76 valence electrons. The summed E-state index contributed by atoms with van der Waals surface area (Å²) in [5.74, 6) is -0.850. The number of hydrogen-bond donors (Lipinski definition) is 2. The Balaban J connectivity index is 2.55. The van der Waals surface area contributed by atoms with Gasteiger partial charge in [0.2, 0.25) is 0 Å². The summed E-state index contributed by atoms with van der Waals surface area (Å²) in [5, 5.41) is 11.9. The highest BCUT2D eigenvalue weighted by Crippen LogP contribution is 2.14. The number of benzene rings is 1. The van der Waals surface area contributed by atoms with E-state index in [1.54, 1.807) is 6.07 Å². The van der Waals surface area contributed by atoms with Gasteiger partial charge < -0.3 is 10.4 Å². The fraction of sp³-hybridized carbons (Fsp3) is 0.300. The molecule has 0 atom stereocenters. The van der Waals surface area contributed by atoms with Gasteiger partial charge in [-0.2, -0.15) is 0 Å². The third-order valence-electron chi connectivity index (χ3n) is 1.90. The van der Waals surface area contributed by atoms with Crippen LogP contribution < -0.4 is 5.32 Å². The molecule has 0 heterocycles. The number of aliphatic carboxylic acids is 1. The van der Waals surface area contributed by atoms with Crippen molar-refractivity contribution in [3.8, 4) is 0 Å². The minimum Gasteiger partial charge on any atom is -0.480 e. The number of carboxylic acids is 1. The van der Waals surface area contributed by atoms with E-state index in [-0.39, 0.29) is 6.54 Å². The second kappa shape index (κ2) is 4.98. The Morgan fingerprint density at radius 3 is 2.86 bits per heavy atom. The molecule has 0 aliphatic rings. The van der Waals surface area contributed by atoms with Gasteiger partial charge in [-0.1, -0.05) is 17.7 Å². The maximum Gasteiger partial charge on any atom is 0.317 e. The predicted molar refractivity (Wildman–Crippen MR) is 55.5 cm³/mol. The van der Waals surface area contributed by atoms with Crippen molar-refractivity contribution >= 4 is 17.6 Å². The average Bonchev–Trinajstić information content (AvgIpc) is 2.08. The van der Waals surface area contributed by atoms with E-state index >= 15 is 0 Å². The first-order valence-electron chi connectivity index (χ1n) is 4.27. The number of rotatable bonds is 4. The van der Waals surface area contributed by atoms with E-state index in [4.69, 9.17) is 16.7 Å². The van der Waals surface area contributed by atoms with Crippen LogP contribution in [0.25, 0.3) is 0 Å². The fourth-order valence-electron chi connectivity index (χ4n) is 1.16. The zero-order valence-electron chi connectivity index (χ0n) is 7.88. The lowest BCUT2D eigenvalue weighted by Gasteiger charge is -2.06. The van der Waals surface area contributed by atoms with Crippen molar-refractivity contribution in [3.05, 3.63) is 34.3 Å². The highest BCUT2D eigenvalue weighted by molar-refractivity contribution is 6.30. The number of carbonyl (C=O) groups is 1. The van der Waals surface area contributed by atoms with Gasteiger partial charge in [-0.25, -0.2) is 0 Å². The average molecular weight is 214 g/mol. The maximum atomic E-state index is 10.2. The summed E-state index contributed by atoms with van der Waals surface area (Å²) >= 11 is 5.79. The van der Waals surface area contributed by atoms with E-state index in [2.05, 4.69) is 5.32 Å². The lowest BCUT2D eigenvalue weighted by molar-refractivity contribution is -0.135. The van der Waals surface area contributed by atoms with Crippen LogP contribution in [-0.4, -0.2) is 17.6 Å². The number of halogens is 1. The molecule has 0 aromatic heterocycles. The van der Waals surface area contributed by atoms with Gasteiger partial charge in [-0.15, -0.1) is 0 Å². The zero-order chi connectivity index (χ0) is 10.6. The first-order chi connectivity index (χ1) is 6.59. The number of aryl methyl sites for hydroxylation is 1. The maximum absolute atomic E-state index is 10.2. The van der Waals surface area contributed by atoms with Crippen LogP contribution in [0, 0.1) is 6.92 Å². The summed E-state index contributed by atoms with van der Waals surface area (Å²) < 4.78 is 0. The molecule has 0 saturated heterocycles. The van der Waals surface area contributed by atoms with Crippen LogP contribution in [0.2, 0.25) is 5.02 Å². The molecule has 0 aliphatic carbocycles. The van der Waals surface area contributed by atoms with Crippen LogP contribution in [0.5, 0.6) is 0 Å². The minimum absolute atomic E-state index is 0.0257. The van der Waals surface area contributed by atoms with Gasteiger partial charge in [0.25, 0.3) is 0 Å². The molecule has 1 rings (SSSR count). The quantitative estimate of drug-likeness (QED) is 0.802. The molecule has 4 heteroatoms. The van der Waals surface area contributed by atoms with Crippen LogP contribution >= 0.6 is 11.6 Å². The first kappa shape index (κ1) is 11.0. The standard InChI is InChI=1S/C10H12ClNO2/c1-7-4-9(11)3-2-8(7)5-12-6-10(13)14/h2-4,12H,5-6H2,1H3,(H,13,14). The van der Waals surface area contributed by atoms with Gasteiger partial charge in [0.15, 0.2) is 0 Å². The second-order valence-corrected chi connectivity index (χ2v) is 3.50. The molecular formula is C10H12ClNO2. The van der Waals surface area contributed by atoms with Crippen molar-refractivity contribution in [2.75, 3.05) is 6.54 Å². The molecule has 3 nitrogen and oxygen atoms in total. The minimum atomic E-state index is -0.850. The summed E-state index contributed by atoms with van der Waals surface area (Å²) in [6.07, 6.45) is 0. The molecule has 14 heavy (non-hydrogen) atoms. The van der Waals surface area contributed by atoms with Crippen LogP contribution in [0.1, 0.15) is 11.1 Å². The molecule has 0 fully saturated rings. The van der Waals surface area contributed by atoms with Gasteiger partial charge in [0.1, 0.15) is 0 Å². The Morgan fingerprint density at radius 1 is 1.57 bits per heavy atom. The lowest BCUT2D eigenvalue weighted by atomic mass is 10.1. The normalized spacial score (nSPS) is 10.1. The zero-order valence-corrected chi connectivity index (χ0v) is 8.64. The molecule has 1 aromatic rings. The summed E-state index contributed by atoms with van der Waals surface area (Å²) in [6.45, 7) is 2.47. The summed E-state index contributed by atoms with van der Waals surface area (Å²) in [6, 6.07) is 5.55. The third kappa shape index (κ3) is 3.36. The molecule has 2 N–H and O–H groups in total. The van der Waals surface area contributed by atoms with E-state index in [0.717, 1.165) is 11.1 Å². The second-order valence-electron chi connectivity index (χ2n) is 3.07. The molecule has 0 spiro atoms. The first-order valence-corrected chi connectivity index (χ1v) is 4.65. The molecule has 0 radical (unpaired) electrons. The smallest absolute Gasteiger partial charge is 0.317 e. The highest BCUT2D eigenvalue weighted by Gasteiger charge is 2.00. The Morgan fingerprint density at radius 2 is 2.29 bits per heavy atom. The van der Waals surface area contributed by atoms with Crippen molar-refractivity contribution in [2.45, 2.75) is 13.5 Å². The monoisotopic (exact) mass is 213 g/mol. The van der Waals surface area contributed by atoms with Crippen LogP contribution in [0.15, 0.2) is 18.2 Å². The Hall–Kier alpha value is -1.06.